The van der Waals surface area contributed by atoms with Crippen LogP contribution in [0.2, 0.25) is 0 Å². The molecule has 4 aromatic carbocycles. The predicted molar refractivity (Wildman–Crippen MR) is 484 cm³/mol. The molecule has 0 spiro atoms. The topological polar surface area (TPSA) is 262 Å². The summed E-state index contributed by atoms with van der Waals surface area (Å²) in [6.07, 6.45) is 25.4. The van der Waals surface area contributed by atoms with Gasteiger partial charge in [-0.1, -0.05) is 262 Å². The molecule has 0 saturated carbocycles. The summed E-state index contributed by atoms with van der Waals surface area (Å²) >= 11 is 0. The van der Waals surface area contributed by atoms with Crippen molar-refractivity contribution in [3.8, 4) is 0 Å². The number of fused-ring (bicyclic) bond motifs is 3. The van der Waals surface area contributed by atoms with Gasteiger partial charge in [0.05, 0.1) is 30.0 Å². The molecule has 20 nitrogen and oxygen atoms in total. The van der Waals surface area contributed by atoms with E-state index in [4.69, 9.17) is 31.0 Å². The molecule has 12 aromatic heterocycles. The third kappa shape index (κ3) is 40.6. The van der Waals surface area contributed by atoms with Crippen molar-refractivity contribution in [3.05, 3.63) is 338 Å². The van der Waals surface area contributed by atoms with E-state index in [1.54, 1.807) is 80.9 Å². The van der Waals surface area contributed by atoms with E-state index in [1.807, 2.05) is 154 Å². The van der Waals surface area contributed by atoms with Crippen LogP contribution >= 0.6 is 0 Å². The summed E-state index contributed by atoms with van der Waals surface area (Å²) in [6, 6.07) is 56.0. The third-order valence-corrected chi connectivity index (χ3v) is 16.8. The number of aryl methyl sites for hydroxylation is 1. The van der Waals surface area contributed by atoms with E-state index in [-0.39, 0.29) is 0 Å². The maximum Gasteiger partial charge on any atom is 0.198 e. The van der Waals surface area contributed by atoms with Crippen LogP contribution in [0.15, 0.2) is 294 Å². The second-order valence-corrected chi connectivity index (χ2v) is 31.3. The molecule has 0 radical (unpaired) electrons. The Morgan fingerprint density at radius 3 is 1.19 bits per heavy atom. The molecule has 0 fully saturated rings. The quantitative estimate of drug-likeness (QED) is 0.119. The van der Waals surface area contributed by atoms with E-state index < -0.39 is 0 Å². The minimum atomic E-state index is 0.359. The van der Waals surface area contributed by atoms with Gasteiger partial charge in [-0.05, 0) is 115 Å². The van der Waals surface area contributed by atoms with E-state index in [2.05, 4.69) is 261 Å². The van der Waals surface area contributed by atoms with Crippen LogP contribution in [-0.4, -0.2) is 65.2 Å². The number of aromatic amines is 1. The van der Waals surface area contributed by atoms with Crippen molar-refractivity contribution in [1.29, 1.82) is 0 Å². The lowest BCUT2D eigenvalue weighted by Gasteiger charge is -2.00. The Kier molecular flexibility index (Phi) is 47.0. The summed E-state index contributed by atoms with van der Waals surface area (Å²) in [5, 5.41) is 12.7. The highest BCUT2D eigenvalue weighted by molar-refractivity contribution is 5.78. The Labute approximate surface area is 707 Å². The second-order valence-electron chi connectivity index (χ2n) is 31.3. The molecule has 12 heterocycles. The van der Waals surface area contributed by atoms with Gasteiger partial charge >= 0.3 is 0 Å². The minimum absolute atomic E-state index is 0.359. The molecule has 0 aliphatic carbocycles. The molecule has 634 valence electrons. The number of benzene rings is 4. The van der Waals surface area contributed by atoms with Crippen molar-refractivity contribution in [2.24, 2.45) is 0 Å². The SMILES string of the molecule is CC(C)c1cc2ccccc2o1.CC(C)c1cc2ccccc2o1.CC(C)c1ccccn1.CC(C)c1ccco1.CC(C)c1ccn[nH]1.CC(C)c1ccncn1.CC(C)c1ccno1.CC(C)c1cnccn1.CC(C)c1cocn1.CC(C)c1nc2ccccc2o1.CC(C)c1ncccn1.CC(C)c1ncco1.Cc1ccccc1. The van der Waals surface area contributed by atoms with Crippen LogP contribution in [0.4, 0.5) is 0 Å². The van der Waals surface area contributed by atoms with Crippen LogP contribution in [0, 0.1) is 6.92 Å². The van der Waals surface area contributed by atoms with E-state index in [0.29, 0.717) is 71.0 Å². The monoisotopic (exact) mass is 1610 g/mol. The fraction of sp³-hybridized carbons (Fsp3) is 0.374. The molecule has 0 saturated heterocycles. The van der Waals surface area contributed by atoms with Crippen molar-refractivity contribution < 1.29 is 31.0 Å². The first kappa shape index (κ1) is 99.3. The number of furan rings is 3. The zero-order chi connectivity index (χ0) is 87.4. The van der Waals surface area contributed by atoms with Crippen LogP contribution < -0.4 is 0 Å². The molecule has 0 bridgehead atoms. The molecule has 119 heavy (non-hydrogen) atoms. The maximum atomic E-state index is 5.63. The van der Waals surface area contributed by atoms with Crippen LogP contribution in [0.5, 0.6) is 0 Å². The van der Waals surface area contributed by atoms with Crippen LogP contribution in [0.25, 0.3) is 33.0 Å². The van der Waals surface area contributed by atoms with Gasteiger partial charge in [-0.2, -0.15) is 5.10 Å². The first-order chi connectivity index (χ1) is 56.9. The van der Waals surface area contributed by atoms with Crippen molar-refractivity contribution >= 4 is 33.0 Å². The summed E-state index contributed by atoms with van der Waals surface area (Å²) in [4.78, 5) is 40.5. The summed E-state index contributed by atoms with van der Waals surface area (Å²) in [5.41, 5.74) is 10.7. The summed E-state index contributed by atoms with van der Waals surface area (Å²) < 4.78 is 36.5. The number of aromatic nitrogens is 13. The van der Waals surface area contributed by atoms with Gasteiger partial charge in [0, 0.05) is 125 Å². The number of oxazole rings is 3. The third-order valence-electron chi connectivity index (χ3n) is 16.8. The lowest BCUT2D eigenvalue weighted by molar-refractivity contribution is 0.371. The van der Waals surface area contributed by atoms with E-state index in [1.165, 1.54) is 28.4 Å². The molecule has 20 heteroatoms. The number of hydrogen-bond donors (Lipinski definition) is 1. The molecule has 16 aromatic rings. The smallest absolute Gasteiger partial charge is 0.198 e. The number of hydrogen-bond acceptors (Lipinski definition) is 19. The van der Waals surface area contributed by atoms with Gasteiger partial charge in [0.1, 0.15) is 64.4 Å². The van der Waals surface area contributed by atoms with Gasteiger partial charge in [-0.15, -0.1) is 0 Å². The first-order valence-corrected chi connectivity index (χ1v) is 41.2. The first-order valence-electron chi connectivity index (χ1n) is 41.2. The number of pyridine rings is 1. The molecule has 0 amide bonds. The Morgan fingerprint density at radius 1 is 0.319 bits per heavy atom. The average molecular weight is 1620 g/mol. The molecule has 16 rings (SSSR count). The van der Waals surface area contributed by atoms with E-state index in [9.17, 15) is 0 Å². The van der Waals surface area contributed by atoms with E-state index >= 15 is 0 Å². The fourth-order valence-corrected chi connectivity index (χ4v) is 9.58. The number of H-pyrrole nitrogens is 1. The van der Waals surface area contributed by atoms with Gasteiger partial charge in [0.2, 0.25) is 0 Å². The zero-order valence-corrected chi connectivity index (χ0v) is 75.0. The van der Waals surface area contributed by atoms with Gasteiger partial charge in [0.25, 0.3) is 0 Å². The number of rotatable bonds is 12. The highest BCUT2D eigenvalue weighted by atomic mass is 16.5. The lowest BCUT2D eigenvalue weighted by atomic mass is 10.1. The zero-order valence-electron chi connectivity index (χ0n) is 75.0. The van der Waals surface area contributed by atoms with Gasteiger partial charge in [-0.3, -0.25) is 20.1 Å². The molecular weight excluding hydrogens is 1480 g/mol. The van der Waals surface area contributed by atoms with Gasteiger partial charge in [0.15, 0.2) is 23.8 Å². The molecule has 0 atom stereocenters. The highest BCUT2D eigenvalue weighted by Gasteiger charge is 2.10. The predicted octanol–water partition coefficient (Wildman–Crippen LogP) is 28.4. The van der Waals surface area contributed by atoms with Crippen molar-refractivity contribution in [3.63, 3.8) is 0 Å². The molecule has 1 N–H and O–H groups in total. The normalized spacial score (nSPS) is 10.5. The Morgan fingerprint density at radius 2 is 0.866 bits per heavy atom. The van der Waals surface area contributed by atoms with Crippen molar-refractivity contribution in [1.82, 2.24) is 65.2 Å². The number of nitrogens with one attached hydrogen (secondary N) is 1. The standard InChI is InChI=1S/2C11H12O.C10H11NO.C8H11N.3C7H10N2.C7H10O.C7H8.C6H10N2.3C6H9NO/c2*1-8(2)11-7-9-5-3-4-6-10(9)12-11;1-7(2)10-11-8-5-3-4-6-9(8)12-10;1-7(2)8-5-3-4-6-9-8;1-6(2)7-5-8-3-4-9-7;1-6(2)7-3-4-8-5-9-7;1-6(2)7-8-4-3-5-9-7;1-6(2)7-4-3-5-8-7;1-7-5-3-2-4-6-7;1-5(2)6-3-4-7-8-6;1-5(2)6-3-8-4-7-6;1-5(2)6-7-3-4-8-6;1-5(2)6-3-4-7-8-6/h2*3-8H,1-2H3;3-7H,1-2H3;3-7H,1-2H3;3*3-6H,1-2H3;3-6H,1-2H3;2-6H,1H3;3-5H,1-2H3,(H,7,8);3*3-5H,1-2H3. The highest BCUT2D eigenvalue weighted by Crippen LogP contribution is 2.27. The molecule has 0 unspecified atom stereocenters. The molecule has 0 aliphatic heterocycles. The van der Waals surface area contributed by atoms with Gasteiger partial charge < -0.3 is 31.0 Å². The molecule has 0 aliphatic rings. The Bertz CT molecular complexity index is 4320. The van der Waals surface area contributed by atoms with Crippen molar-refractivity contribution in [2.45, 2.75) is 244 Å². The Balaban J connectivity index is 0.000000272. The summed E-state index contributed by atoms with van der Waals surface area (Å²) in [5.74, 6) is 12.4. The lowest BCUT2D eigenvalue weighted by Crippen LogP contribution is -1.93. The maximum absolute atomic E-state index is 5.63. The second kappa shape index (κ2) is 56.3. The minimum Gasteiger partial charge on any atom is -0.469 e. The summed E-state index contributed by atoms with van der Waals surface area (Å²) in [6.45, 7) is 52.5. The number of nitrogens with zero attached hydrogens (tertiary/aromatic N) is 12. The van der Waals surface area contributed by atoms with Crippen LogP contribution in [-0.2, 0) is 0 Å². The van der Waals surface area contributed by atoms with Crippen molar-refractivity contribution in [2.75, 3.05) is 0 Å². The van der Waals surface area contributed by atoms with Crippen LogP contribution in [0.3, 0.4) is 0 Å². The molecular formula is C99H131N13O7. The van der Waals surface area contributed by atoms with E-state index in [0.717, 1.165) is 85.7 Å². The number of para-hydroxylation sites is 4. The average Bonchev–Trinajstić information content (AvgIpc) is 1.71. The van der Waals surface area contributed by atoms with Gasteiger partial charge in [-0.25, -0.2) is 34.9 Å². The fourth-order valence-electron chi connectivity index (χ4n) is 9.58. The largest absolute Gasteiger partial charge is 0.469 e. The van der Waals surface area contributed by atoms with Crippen LogP contribution in [0.1, 0.15) is 312 Å². The summed E-state index contributed by atoms with van der Waals surface area (Å²) in [7, 11) is 0. The Hall–Kier alpha value is -12.1.